The predicted octanol–water partition coefficient (Wildman–Crippen LogP) is 3.12. The van der Waals surface area contributed by atoms with Gasteiger partial charge in [-0.05, 0) is 30.7 Å². The van der Waals surface area contributed by atoms with Gasteiger partial charge in [-0.25, -0.2) is 4.98 Å². The smallest absolute Gasteiger partial charge is 0.127 e. The molecule has 0 radical (unpaired) electrons. The van der Waals surface area contributed by atoms with Crippen molar-refractivity contribution in [3.63, 3.8) is 0 Å². The van der Waals surface area contributed by atoms with Gasteiger partial charge in [0.05, 0.1) is 0 Å². The van der Waals surface area contributed by atoms with E-state index in [-0.39, 0.29) is 0 Å². The average Bonchev–Trinajstić information content (AvgIpc) is 2.29. The van der Waals surface area contributed by atoms with Gasteiger partial charge in [0.2, 0.25) is 0 Å². The van der Waals surface area contributed by atoms with Crippen molar-refractivity contribution in [2.24, 2.45) is 5.41 Å². The Hall–Kier alpha value is -1.25. The Balaban J connectivity index is 1.93. The molecule has 0 amide bonds. The Morgan fingerprint density at radius 2 is 2.25 bits per heavy atom. The van der Waals surface area contributed by atoms with Crippen molar-refractivity contribution in [3.8, 4) is 0 Å². The molecule has 0 aliphatic heterocycles. The maximum absolute atomic E-state index is 4.21. The van der Waals surface area contributed by atoms with E-state index < -0.39 is 0 Å². The molecule has 0 aromatic carbocycles. The molecule has 0 bridgehead atoms. The van der Waals surface area contributed by atoms with E-state index in [1.807, 2.05) is 19.3 Å². The number of nitrogens with one attached hydrogen (secondary N) is 2. The van der Waals surface area contributed by atoms with Crippen LogP contribution in [0.1, 0.15) is 32.6 Å². The molecule has 1 aromatic rings. The second-order valence-corrected chi connectivity index (χ2v) is 4.74. The molecule has 1 fully saturated rings. The number of pyridine rings is 1. The van der Waals surface area contributed by atoms with Gasteiger partial charge in [0.15, 0.2) is 0 Å². The van der Waals surface area contributed by atoms with Crippen LogP contribution in [0.5, 0.6) is 0 Å². The molecule has 1 saturated carbocycles. The molecule has 0 saturated heterocycles. The van der Waals surface area contributed by atoms with E-state index in [1.54, 1.807) is 0 Å². The third-order valence-electron chi connectivity index (χ3n) is 3.85. The molecule has 3 nitrogen and oxygen atoms in total. The van der Waals surface area contributed by atoms with Crippen LogP contribution in [0.3, 0.4) is 0 Å². The van der Waals surface area contributed by atoms with Crippen molar-refractivity contribution < 1.29 is 0 Å². The minimum absolute atomic E-state index is 0.559. The Bertz CT molecular complexity index is 339. The van der Waals surface area contributed by atoms with E-state index in [9.17, 15) is 0 Å². The van der Waals surface area contributed by atoms with Gasteiger partial charge in [0.1, 0.15) is 5.82 Å². The summed E-state index contributed by atoms with van der Waals surface area (Å²) in [6.45, 7) is 3.39. The monoisotopic (exact) mass is 219 g/mol. The topological polar surface area (TPSA) is 37.0 Å². The first-order chi connectivity index (χ1) is 7.78. The maximum atomic E-state index is 4.21. The maximum Gasteiger partial charge on any atom is 0.127 e. The summed E-state index contributed by atoms with van der Waals surface area (Å²) in [4.78, 5) is 4.21. The van der Waals surface area contributed by atoms with E-state index in [4.69, 9.17) is 0 Å². The van der Waals surface area contributed by atoms with Gasteiger partial charge >= 0.3 is 0 Å². The van der Waals surface area contributed by atoms with E-state index in [2.05, 4.69) is 28.6 Å². The minimum atomic E-state index is 0.559. The molecule has 2 N–H and O–H groups in total. The van der Waals surface area contributed by atoms with Crippen LogP contribution in [0.25, 0.3) is 0 Å². The number of nitrogens with zero attached hydrogens (tertiary/aromatic N) is 1. The van der Waals surface area contributed by atoms with Crippen molar-refractivity contribution in [2.75, 3.05) is 24.2 Å². The highest BCUT2D eigenvalue weighted by Gasteiger charge is 2.34. The summed E-state index contributed by atoms with van der Waals surface area (Å²) in [6.07, 6.45) is 7.27. The third kappa shape index (κ3) is 2.29. The van der Waals surface area contributed by atoms with Crippen LogP contribution in [0.15, 0.2) is 18.3 Å². The summed E-state index contributed by atoms with van der Waals surface area (Å²) in [5.74, 6) is 0.921. The molecule has 0 unspecified atom stereocenters. The third-order valence-corrected chi connectivity index (χ3v) is 3.85. The Morgan fingerprint density at radius 3 is 2.81 bits per heavy atom. The molecule has 16 heavy (non-hydrogen) atoms. The van der Waals surface area contributed by atoms with Crippen molar-refractivity contribution in [1.29, 1.82) is 0 Å². The summed E-state index contributed by atoms with van der Waals surface area (Å²) in [5, 5.41) is 6.59. The summed E-state index contributed by atoms with van der Waals surface area (Å²) in [6, 6.07) is 4.09. The molecule has 3 heteroatoms. The van der Waals surface area contributed by atoms with Crippen molar-refractivity contribution >= 4 is 11.5 Å². The fraction of sp³-hybridized carbons (Fsp3) is 0.615. The normalized spacial score (nSPS) is 17.6. The van der Waals surface area contributed by atoms with E-state index in [1.165, 1.54) is 31.4 Å². The number of anilines is 2. The Labute approximate surface area is 97.7 Å². The van der Waals surface area contributed by atoms with Crippen molar-refractivity contribution in [1.82, 2.24) is 4.98 Å². The lowest BCUT2D eigenvalue weighted by Gasteiger charge is -2.41. The molecule has 88 valence electrons. The molecule has 1 aliphatic carbocycles. The quantitative estimate of drug-likeness (QED) is 0.799. The molecule has 2 rings (SSSR count). The van der Waals surface area contributed by atoms with Crippen LogP contribution in [-0.4, -0.2) is 18.6 Å². The molecule has 1 aliphatic rings. The van der Waals surface area contributed by atoms with Crippen LogP contribution in [0, 0.1) is 5.41 Å². The first-order valence-corrected chi connectivity index (χ1v) is 6.16. The van der Waals surface area contributed by atoms with Gasteiger partial charge < -0.3 is 10.6 Å². The van der Waals surface area contributed by atoms with Crippen molar-refractivity contribution in [3.05, 3.63) is 18.3 Å². The standard InChI is InChI=1S/C13H21N3/c1-3-13(6-4-7-13)10-16-11-5-8-15-12(9-11)14-2/h5,8-9H,3-4,6-7,10H2,1-2H3,(H2,14,15,16). The van der Waals surface area contributed by atoms with Crippen LogP contribution in [0.4, 0.5) is 11.5 Å². The van der Waals surface area contributed by atoms with E-state index in [0.29, 0.717) is 5.41 Å². The van der Waals surface area contributed by atoms with Crippen LogP contribution < -0.4 is 10.6 Å². The molecule has 1 heterocycles. The number of hydrogen-bond donors (Lipinski definition) is 2. The summed E-state index contributed by atoms with van der Waals surface area (Å²) < 4.78 is 0. The lowest BCUT2D eigenvalue weighted by atomic mass is 9.67. The number of aromatic nitrogens is 1. The second-order valence-electron chi connectivity index (χ2n) is 4.74. The van der Waals surface area contributed by atoms with Gasteiger partial charge in [-0.2, -0.15) is 0 Å². The van der Waals surface area contributed by atoms with Gasteiger partial charge in [0, 0.05) is 31.5 Å². The minimum Gasteiger partial charge on any atom is -0.384 e. The number of rotatable bonds is 5. The van der Waals surface area contributed by atoms with E-state index >= 15 is 0 Å². The molecule has 0 atom stereocenters. The average molecular weight is 219 g/mol. The zero-order valence-electron chi connectivity index (χ0n) is 10.2. The fourth-order valence-electron chi connectivity index (χ4n) is 2.30. The van der Waals surface area contributed by atoms with E-state index in [0.717, 1.165) is 12.4 Å². The zero-order chi connectivity index (χ0) is 11.4. The fourth-order valence-corrected chi connectivity index (χ4v) is 2.30. The molecular formula is C13H21N3. The highest BCUT2D eigenvalue weighted by atomic mass is 15.0. The number of hydrogen-bond acceptors (Lipinski definition) is 3. The second kappa shape index (κ2) is 4.73. The van der Waals surface area contributed by atoms with Gasteiger partial charge in [-0.3, -0.25) is 0 Å². The Morgan fingerprint density at radius 1 is 1.44 bits per heavy atom. The lowest BCUT2D eigenvalue weighted by Crippen LogP contribution is -2.35. The summed E-state index contributed by atoms with van der Waals surface area (Å²) in [5.41, 5.74) is 1.72. The van der Waals surface area contributed by atoms with Crippen LogP contribution >= 0.6 is 0 Å². The largest absolute Gasteiger partial charge is 0.384 e. The van der Waals surface area contributed by atoms with Gasteiger partial charge in [-0.1, -0.05) is 13.3 Å². The SMILES string of the molecule is CCC1(CNc2ccnc(NC)c2)CCC1. The highest BCUT2D eigenvalue weighted by molar-refractivity contribution is 5.51. The predicted molar refractivity (Wildman–Crippen MR) is 68.8 cm³/mol. The summed E-state index contributed by atoms with van der Waals surface area (Å²) >= 11 is 0. The lowest BCUT2D eigenvalue weighted by molar-refractivity contribution is 0.145. The molecular weight excluding hydrogens is 198 g/mol. The molecule has 1 aromatic heterocycles. The van der Waals surface area contributed by atoms with Crippen LogP contribution in [-0.2, 0) is 0 Å². The molecule has 0 spiro atoms. The summed E-state index contributed by atoms with van der Waals surface area (Å²) in [7, 11) is 1.89. The van der Waals surface area contributed by atoms with Crippen molar-refractivity contribution in [2.45, 2.75) is 32.6 Å². The highest BCUT2D eigenvalue weighted by Crippen LogP contribution is 2.43. The zero-order valence-corrected chi connectivity index (χ0v) is 10.2. The van der Waals surface area contributed by atoms with Crippen LogP contribution in [0.2, 0.25) is 0 Å². The first kappa shape index (κ1) is 11.2. The van der Waals surface area contributed by atoms with Gasteiger partial charge in [-0.15, -0.1) is 0 Å². The van der Waals surface area contributed by atoms with Gasteiger partial charge in [0.25, 0.3) is 0 Å². The Kier molecular flexibility index (Phi) is 3.32. The first-order valence-electron chi connectivity index (χ1n) is 6.16.